The number of unbranched alkanes of at least 4 members (excludes halogenated alkanes) is 2. The van der Waals surface area contributed by atoms with E-state index in [-0.39, 0.29) is 0 Å². The normalized spacial score (nSPS) is 11.4. The van der Waals surface area contributed by atoms with Crippen molar-refractivity contribution in [3.05, 3.63) is 65.7 Å². The van der Waals surface area contributed by atoms with Crippen molar-refractivity contribution in [2.45, 2.75) is 45.4 Å². The molecule has 1 aromatic heterocycles. The second-order valence-corrected chi connectivity index (χ2v) is 8.04. The summed E-state index contributed by atoms with van der Waals surface area (Å²) in [5, 5.41) is 3.68. The van der Waals surface area contributed by atoms with E-state index >= 15 is 0 Å². The highest BCUT2D eigenvalue weighted by molar-refractivity contribution is 5.99. The summed E-state index contributed by atoms with van der Waals surface area (Å²) in [6, 6.07) is 19.5. The summed E-state index contributed by atoms with van der Waals surface area (Å²) in [4.78, 5) is 3.81. The number of ether oxygens (including phenoxy) is 1. The van der Waals surface area contributed by atoms with Gasteiger partial charge in [0.2, 0.25) is 0 Å². The van der Waals surface area contributed by atoms with Crippen molar-refractivity contribution in [2.24, 2.45) is 5.73 Å². The first-order valence-electron chi connectivity index (χ1n) is 11.2. The average molecular weight is 401 g/mol. The zero-order valence-corrected chi connectivity index (χ0v) is 18.1. The monoisotopic (exact) mass is 400 g/mol. The van der Waals surface area contributed by atoms with Gasteiger partial charge in [0.15, 0.2) is 0 Å². The molecule has 4 aromatic rings. The van der Waals surface area contributed by atoms with Gasteiger partial charge in [-0.05, 0) is 61.2 Å². The second-order valence-electron chi connectivity index (χ2n) is 8.04. The number of hydrogen-bond donors (Lipinski definition) is 2. The van der Waals surface area contributed by atoms with E-state index in [0.29, 0.717) is 0 Å². The SMILES string of the molecule is CCCCc1cccc2c(CCCCN)c(-c3ccc4ccccc4c3OC)[nH]c12. The lowest BCUT2D eigenvalue weighted by atomic mass is 9.96. The Morgan fingerprint density at radius 1 is 0.867 bits per heavy atom. The predicted molar refractivity (Wildman–Crippen MR) is 128 cm³/mol. The number of H-pyrrole nitrogens is 1. The van der Waals surface area contributed by atoms with Gasteiger partial charge in [0.1, 0.15) is 5.75 Å². The number of aryl methyl sites for hydroxylation is 2. The number of aromatic amines is 1. The Morgan fingerprint density at radius 2 is 1.70 bits per heavy atom. The van der Waals surface area contributed by atoms with Crippen LogP contribution in [-0.4, -0.2) is 18.6 Å². The molecule has 0 atom stereocenters. The molecule has 0 aliphatic heterocycles. The van der Waals surface area contributed by atoms with E-state index in [4.69, 9.17) is 10.5 Å². The number of nitrogens with two attached hydrogens (primary N) is 1. The van der Waals surface area contributed by atoms with Crippen LogP contribution in [0.25, 0.3) is 32.9 Å². The first-order valence-corrected chi connectivity index (χ1v) is 11.2. The average Bonchev–Trinajstić information content (AvgIpc) is 3.16. The molecule has 4 rings (SSSR count). The zero-order valence-electron chi connectivity index (χ0n) is 18.1. The third kappa shape index (κ3) is 3.82. The standard InChI is InChI=1S/C27H32N2O/c1-3-4-10-20-12-9-15-22-23(14-7-8-18-28)26(29-25(20)22)24-17-16-19-11-5-6-13-21(19)27(24)30-2/h5-6,9,11-13,15-17,29H,3-4,7-8,10,14,18,28H2,1-2H3. The Balaban J connectivity index is 1.93. The van der Waals surface area contributed by atoms with Crippen LogP contribution in [0.4, 0.5) is 0 Å². The van der Waals surface area contributed by atoms with Crippen LogP contribution in [0.2, 0.25) is 0 Å². The highest BCUT2D eigenvalue weighted by Crippen LogP contribution is 2.41. The van der Waals surface area contributed by atoms with Crippen molar-refractivity contribution in [3.8, 4) is 17.0 Å². The van der Waals surface area contributed by atoms with E-state index in [9.17, 15) is 0 Å². The first-order chi connectivity index (χ1) is 14.8. The first kappa shape index (κ1) is 20.5. The Labute approximate surface area is 179 Å². The molecule has 0 fully saturated rings. The lowest BCUT2D eigenvalue weighted by molar-refractivity contribution is 0.421. The van der Waals surface area contributed by atoms with E-state index in [1.807, 2.05) is 0 Å². The maximum Gasteiger partial charge on any atom is 0.136 e. The van der Waals surface area contributed by atoms with Gasteiger partial charge in [0, 0.05) is 21.9 Å². The van der Waals surface area contributed by atoms with Gasteiger partial charge in [-0.2, -0.15) is 0 Å². The molecule has 0 bridgehead atoms. The van der Waals surface area contributed by atoms with Crippen molar-refractivity contribution in [1.82, 2.24) is 4.98 Å². The third-order valence-corrected chi connectivity index (χ3v) is 6.06. The number of para-hydroxylation sites is 1. The lowest BCUT2D eigenvalue weighted by Gasteiger charge is -2.13. The number of aromatic nitrogens is 1. The Bertz CT molecular complexity index is 1140. The predicted octanol–water partition coefficient (Wildman–Crippen LogP) is 6.62. The molecule has 0 unspecified atom stereocenters. The number of benzene rings is 3. The Kier molecular flexibility index (Phi) is 6.39. The van der Waals surface area contributed by atoms with Gasteiger partial charge in [-0.25, -0.2) is 0 Å². The van der Waals surface area contributed by atoms with Gasteiger partial charge in [-0.1, -0.05) is 61.9 Å². The van der Waals surface area contributed by atoms with Gasteiger partial charge < -0.3 is 15.5 Å². The second kappa shape index (κ2) is 9.36. The third-order valence-electron chi connectivity index (χ3n) is 6.06. The molecule has 0 saturated heterocycles. The summed E-state index contributed by atoms with van der Waals surface area (Å²) in [5.41, 5.74) is 12.2. The minimum absolute atomic E-state index is 0.735. The minimum atomic E-state index is 0.735. The van der Waals surface area contributed by atoms with Crippen molar-refractivity contribution in [2.75, 3.05) is 13.7 Å². The van der Waals surface area contributed by atoms with Crippen molar-refractivity contribution in [3.63, 3.8) is 0 Å². The van der Waals surface area contributed by atoms with E-state index in [1.165, 1.54) is 46.0 Å². The van der Waals surface area contributed by atoms with E-state index in [2.05, 4.69) is 66.5 Å². The molecule has 0 amide bonds. The van der Waals surface area contributed by atoms with Gasteiger partial charge in [0.25, 0.3) is 0 Å². The molecule has 0 radical (unpaired) electrons. The molecule has 3 heteroatoms. The molecule has 0 aliphatic rings. The zero-order chi connectivity index (χ0) is 20.9. The Hall–Kier alpha value is -2.78. The number of fused-ring (bicyclic) bond motifs is 2. The summed E-state index contributed by atoms with van der Waals surface area (Å²) >= 11 is 0. The van der Waals surface area contributed by atoms with Crippen LogP contribution in [0.3, 0.4) is 0 Å². The Morgan fingerprint density at radius 3 is 2.50 bits per heavy atom. The fourth-order valence-electron chi connectivity index (χ4n) is 4.51. The summed E-state index contributed by atoms with van der Waals surface area (Å²) in [7, 11) is 1.77. The molecule has 1 heterocycles. The molecule has 0 spiro atoms. The molecule has 3 N–H and O–H groups in total. The summed E-state index contributed by atoms with van der Waals surface area (Å²) in [6.45, 7) is 2.98. The topological polar surface area (TPSA) is 51.0 Å². The quantitative estimate of drug-likeness (QED) is 0.310. The van der Waals surface area contributed by atoms with Crippen molar-refractivity contribution < 1.29 is 4.74 Å². The van der Waals surface area contributed by atoms with Gasteiger partial charge in [-0.3, -0.25) is 0 Å². The fraction of sp³-hybridized carbons (Fsp3) is 0.333. The highest BCUT2D eigenvalue weighted by Gasteiger charge is 2.19. The number of hydrogen-bond acceptors (Lipinski definition) is 2. The molecule has 3 nitrogen and oxygen atoms in total. The van der Waals surface area contributed by atoms with Crippen LogP contribution in [0.1, 0.15) is 43.7 Å². The molecular formula is C27H32N2O. The summed E-state index contributed by atoms with van der Waals surface area (Å²) < 4.78 is 5.94. The van der Waals surface area contributed by atoms with Crippen molar-refractivity contribution >= 4 is 21.7 Å². The number of methoxy groups -OCH3 is 1. The summed E-state index contributed by atoms with van der Waals surface area (Å²) in [5.74, 6) is 0.940. The highest BCUT2D eigenvalue weighted by atomic mass is 16.5. The largest absolute Gasteiger partial charge is 0.495 e. The number of nitrogens with one attached hydrogen (secondary N) is 1. The smallest absolute Gasteiger partial charge is 0.136 e. The van der Waals surface area contributed by atoms with Crippen LogP contribution in [-0.2, 0) is 12.8 Å². The molecule has 30 heavy (non-hydrogen) atoms. The molecule has 0 aliphatic carbocycles. The number of rotatable bonds is 9. The van der Waals surface area contributed by atoms with Crippen LogP contribution >= 0.6 is 0 Å². The van der Waals surface area contributed by atoms with Gasteiger partial charge in [-0.15, -0.1) is 0 Å². The van der Waals surface area contributed by atoms with Crippen LogP contribution in [0, 0.1) is 0 Å². The maximum atomic E-state index is 5.94. The molecule has 3 aromatic carbocycles. The maximum absolute atomic E-state index is 5.94. The van der Waals surface area contributed by atoms with Gasteiger partial charge >= 0.3 is 0 Å². The van der Waals surface area contributed by atoms with E-state index < -0.39 is 0 Å². The van der Waals surface area contributed by atoms with Crippen LogP contribution < -0.4 is 10.5 Å². The van der Waals surface area contributed by atoms with Crippen molar-refractivity contribution in [1.29, 1.82) is 0 Å². The van der Waals surface area contributed by atoms with Gasteiger partial charge in [0.05, 0.1) is 12.8 Å². The van der Waals surface area contributed by atoms with E-state index in [1.54, 1.807) is 7.11 Å². The molecule has 0 saturated carbocycles. The summed E-state index contributed by atoms with van der Waals surface area (Å²) in [6.07, 6.45) is 6.65. The van der Waals surface area contributed by atoms with Crippen LogP contribution in [0.15, 0.2) is 54.6 Å². The van der Waals surface area contributed by atoms with Crippen LogP contribution in [0.5, 0.6) is 5.75 Å². The van der Waals surface area contributed by atoms with E-state index in [0.717, 1.165) is 48.9 Å². The molecular weight excluding hydrogens is 368 g/mol. The lowest BCUT2D eigenvalue weighted by Crippen LogP contribution is -1.99. The molecule has 156 valence electrons. The minimum Gasteiger partial charge on any atom is -0.495 e. The fourth-order valence-corrected chi connectivity index (χ4v) is 4.51.